The van der Waals surface area contributed by atoms with E-state index in [1.807, 2.05) is 34.9 Å². The first-order valence-corrected chi connectivity index (χ1v) is 19.1. The lowest BCUT2D eigenvalue weighted by Gasteiger charge is -2.40. The predicted octanol–water partition coefficient (Wildman–Crippen LogP) is 2.30. The fourth-order valence-electron chi connectivity index (χ4n) is 7.40. The topological polar surface area (TPSA) is 184 Å². The van der Waals surface area contributed by atoms with Crippen molar-refractivity contribution in [2.75, 3.05) is 52.5 Å². The first kappa shape index (κ1) is 41.1. The van der Waals surface area contributed by atoms with Gasteiger partial charge in [-0.05, 0) is 49.4 Å². The van der Waals surface area contributed by atoms with Gasteiger partial charge in [0.1, 0.15) is 29.7 Å². The SMILES string of the molecule is CC(O)C(=O)N(CC1CNCC1OC(=O)NCCC(=O)NCCN1C(=O)C=CC1=O)C(c1nc(-c2cc(F)ccc2F)cn1Cc1ccccc1)C1CCOCC1. The second-order valence-corrected chi connectivity index (χ2v) is 14.3. The molecule has 1 aromatic heterocycles. The number of imide groups is 1. The van der Waals surface area contributed by atoms with Gasteiger partial charge in [-0.25, -0.2) is 18.6 Å². The second-order valence-electron chi connectivity index (χ2n) is 14.3. The number of imidazole rings is 1. The van der Waals surface area contributed by atoms with Gasteiger partial charge in [-0.1, -0.05) is 30.3 Å². The van der Waals surface area contributed by atoms with Gasteiger partial charge in [0.15, 0.2) is 0 Å². The summed E-state index contributed by atoms with van der Waals surface area (Å²) in [6.07, 6.45) is 2.14. The Bertz CT molecular complexity index is 1930. The van der Waals surface area contributed by atoms with Crippen molar-refractivity contribution in [2.45, 2.75) is 51.0 Å². The standard InChI is InChI=1S/C40H47F2N7O8/c1-25(50)39(54)49(23-28-20-43-21-33(28)57-40(55)45-14-11-34(51)44-15-16-48-35(52)9-10-36(48)53)37(27-12-17-56-18-13-27)38-46-32(30-19-29(41)7-8-31(30)42)24-47(38)22-26-5-3-2-4-6-26/h2-10,19,24-25,27-28,33,37,43,50H,11-18,20-23H2,1H3,(H,44,51)(H,45,55). The van der Waals surface area contributed by atoms with Crippen molar-refractivity contribution in [3.05, 3.63) is 89.9 Å². The quantitative estimate of drug-likeness (QED) is 0.157. The number of halogens is 2. The summed E-state index contributed by atoms with van der Waals surface area (Å²) in [5.41, 5.74) is 1.06. The molecule has 0 radical (unpaired) electrons. The van der Waals surface area contributed by atoms with Crippen LogP contribution in [-0.2, 0) is 35.2 Å². The van der Waals surface area contributed by atoms with E-state index in [1.165, 1.54) is 6.92 Å². The van der Waals surface area contributed by atoms with E-state index in [1.54, 1.807) is 11.1 Å². The van der Waals surface area contributed by atoms with E-state index in [0.717, 1.165) is 40.8 Å². The normalized spacial score (nSPS) is 19.4. The Kier molecular flexibility index (Phi) is 13.8. The van der Waals surface area contributed by atoms with Gasteiger partial charge in [0.05, 0.1) is 11.7 Å². The van der Waals surface area contributed by atoms with Gasteiger partial charge in [-0.2, -0.15) is 0 Å². The first-order valence-electron chi connectivity index (χ1n) is 19.1. The molecule has 0 bridgehead atoms. The van der Waals surface area contributed by atoms with Gasteiger partial charge in [0.2, 0.25) is 5.91 Å². The molecule has 4 heterocycles. The van der Waals surface area contributed by atoms with E-state index in [4.69, 9.17) is 14.5 Å². The first-order chi connectivity index (χ1) is 27.5. The molecule has 3 aliphatic heterocycles. The van der Waals surface area contributed by atoms with Crippen LogP contribution in [0.1, 0.15) is 43.6 Å². The largest absolute Gasteiger partial charge is 0.444 e. The molecule has 3 aliphatic rings. The van der Waals surface area contributed by atoms with E-state index in [0.29, 0.717) is 45.0 Å². The molecule has 15 nitrogen and oxygen atoms in total. The molecule has 4 unspecified atom stereocenters. The molecule has 0 saturated carbocycles. The number of hydrogen-bond donors (Lipinski definition) is 4. The maximum Gasteiger partial charge on any atom is 0.407 e. The molecule has 3 aromatic rings. The van der Waals surface area contributed by atoms with Crippen LogP contribution in [0.25, 0.3) is 11.3 Å². The van der Waals surface area contributed by atoms with Crippen LogP contribution in [0.5, 0.6) is 0 Å². The average Bonchev–Trinajstić information content (AvgIpc) is 3.91. The van der Waals surface area contributed by atoms with Crippen LogP contribution < -0.4 is 16.0 Å². The van der Waals surface area contributed by atoms with Gasteiger partial charge in [0.25, 0.3) is 17.7 Å². The molecule has 2 saturated heterocycles. The van der Waals surface area contributed by atoms with Crippen LogP contribution >= 0.6 is 0 Å². The molecule has 0 aliphatic carbocycles. The highest BCUT2D eigenvalue weighted by Crippen LogP contribution is 2.38. The maximum atomic E-state index is 15.2. The molecule has 6 rings (SSSR count). The summed E-state index contributed by atoms with van der Waals surface area (Å²) in [5, 5.41) is 19.2. The third-order valence-corrected chi connectivity index (χ3v) is 10.3. The van der Waals surface area contributed by atoms with Crippen molar-refractivity contribution in [3.63, 3.8) is 0 Å². The summed E-state index contributed by atoms with van der Waals surface area (Å²) < 4.78 is 43.0. The number of aliphatic hydroxyl groups is 1. The van der Waals surface area contributed by atoms with E-state index in [9.17, 15) is 33.5 Å². The van der Waals surface area contributed by atoms with Crippen molar-refractivity contribution >= 4 is 29.7 Å². The van der Waals surface area contributed by atoms with Crippen molar-refractivity contribution in [1.82, 2.24) is 35.3 Å². The molecule has 57 heavy (non-hydrogen) atoms. The lowest BCUT2D eigenvalue weighted by atomic mass is 9.88. The number of ether oxygens (including phenoxy) is 2. The summed E-state index contributed by atoms with van der Waals surface area (Å²) >= 11 is 0. The average molecular weight is 792 g/mol. The molecule has 17 heteroatoms. The Hall–Kier alpha value is -5.52. The fourth-order valence-corrected chi connectivity index (χ4v) is 7.40. The third kappa shape index (κ3) is 10.5. The van der Waals surface area contributed by atoms with Gasteiger partial charge in [-0.3, -0.25) is 24.1 Å². The zero-order valence-corrected chi connectivity index (χ0v) is 31.6. The van der Waals surface area contributed by atoms with Gasteiger partial charge in [-0.15, -0.1) is 0 Å². The predicted molar refractivity (Wildman–Crippen MR) is 201 cm³/mol. The Balaban J connectivity index is 1.19. The van der Waals surface area contributed by atoms with Crippen LogP contribution in [0.15, 0.2) is 66.9 Å². The van der Waals surface area contributed by atoms with Crippen LogP contribution in [0.2, 0.25) is 0 Å². The van der Waals surface area contributed by atoms with Gasteiger partial charge < -0.3 is 40.0 Å². The molecule has 5 amide bonds. The monoisotopic (exact) mass is 791 g/mol. The number of alkyl carbamates (subject to hydrolysis) is 1. The summed E-state index contributed by atoms with van der Waals surface area (Å²) in [6.45, 7) is 3.28. The smallest absolute Gasteiger partial charge is 0.407 e. The summed E-state index contributed by atoms with van der Waals surface area (Å²) in [4.78, 5) is 70.3. The Morgan fingerprint density at radius 1 is 1.04 bits per heavy atom. The number of rotatable bonds is 16. The fraction of sp³-hybridized carbons (Fsp3) is 0.450. The number of aromatic nitrogens is 2. The molecule has 4 atom stereocenters. The molecular formula is C40H47F2N7O8. The number of nitrogens with one attached hydrogen (secondary N) is 3. The Labute approximate surface area is 328 Å². The van der Waals surface area contributed by atoms with E-state index < -0.39 is 65.5 Å². The van der Waals surface area contributed by atoms with Crippen molar-refractivity contribution < 1.29 is 47.3 Å². The zero-order chi connectivity index (χ0) is 40.5. The number of aliphatic hydroxyl groups excluding tert-OH is 1. The number of carbonyl (C=O) groups is 5. The summed E-state index contributed by atoms with van der Waals surface area (Å²) in [7, 11) is 0. The minimum atomic E-state index is -1.40. The molecule has 2 aromatic carbocycles. The molecule has 4 N–H and O–H groups in total. The van der Waals surface area contributed by atoms with Gasteiger partial charge >= 0.3 is 6.09 Å². The van der Waals surface area contributed by atoms with Crippen LogP contribution in [0, 0.1) is 23.5 Å². The van der Waals surface area contributed by atoms with Crippen LogP contribution in [0.4, 0.5) is 13.6 Å². The van der Waals surface area contributed by atoms with Crippen molar-refractivity contribution in [2.24, 2.45) is 11.8 Å². The third-order valence-electron chi connectivity index (χ3n) is 10.3. The molecular weight excluding hydrogens is 744 g/mol. The lowest BCUT2D eigenvalue weighted by Crippen LogP contribution is -2.49. The van der Waals surface area contributed by atoms with E-state index >= 15 is 4.39 Å². The van der Waals surface area contributed by atoms with Crippen LogP contribution in [0.3, 0.4) is 0 Å². The minimum absolute atomic E-state index is 0.0214. The van der Waals surface area contributed by atoms with Gasteiger partial charge in [0, 0.05) is 95.3 Å². The van der Waals surface area contributed by atoms with Crippen molar-refractivity contribution in [3.8, 4) is 11.3 Å². The molecule has 304 valence electrons. The van der Waals surface area contributed by atoms with Crippen LogP contribution in [-0.4, -0.2) is 119 Å². The zero-order valence-electron chi connectivity index (χ0n) is 31.6. The number of nitrogens with zero attached hydrogens (tertiary/aromatic N) is 4. The van der Waals surface area contributed by atoms with E-state index in [2.05, 4.69) is 16.0 Å². The Morgan fingerprint density at radius 3 is 2.49 bits per heavy atom. The lowest BCUT2D eigenvalue weighted by molar-refractivity contribution is -0.146. The summed E-state index contributed by atoms with van der Waals surface area (Å²) in [6, 6.07) is 11.9. The highest BCUT2D eigenvalue weighted by molar-refractivity contribution is 6.12. The molecule has 2 fully saturated rings. The highest BCUT2D eigenvalue weighted by Gasteiger charge is 2.42. The second kappa shape index (κ2) is 19.1. The number of carbonyl (C=O) groups excluding carboxylic acids is 5. The number of benzene rings is 2. The Morgan fingerprint density at radius 2 is 1.77 bits per heavy atom. The highest BCUT2D eigenvalue weighted by atomic mass is 19.1. The van der Waals surface area contributed by atoms with Crippen molar-refractivity contribution in [1.29, 1.82) is 0 Å². The summed E-state index contributed by atoms with van der Waals surface area (Å²) in [5.74, 6) is -3.35. The number of hydrogen-bond acceptors (Lipinski definition) is 10. The molecule has 0 spiro atoms. The minimum Gasteiger partial charge on any atom is -0.444 e. The van der Waals surface area contributed by atoms with E-state index in [-0.39, 0.29) is 56.3 Å². The number of amides is 5. The maximum absolute atomic E-state index is 15.2.